The van der Waals surface area contributed by atoms with Crippen LogP contribution in [-0.2, 0) is 21.4 Å². The summed E-state index contributed by atoms with van der Waals surface area (Å²) < 4.78 is 41.3. The lowest BCUT2D eigenvalue weighted by atomic mass is 10.1. The van der Waals surface area contributed by atoms with Crippen LogP contribution in [0.1, 0.15) is 26.3 Å². The lowest BCUT2D eigenvalue weighted by molar-refractivity contribution is 0.142. The minimum atomic E-state index is -4.22. The molecular weight excluding hydrogens is 491 g/mol. The zero-order valence-electron chi connectivity index (χ0n) is 19.1. The Morgan fingerprint density at radius 2 is 1.73 bits per heavy atom. The number of benzene rings is 2. The monoisotopic (exact) mass is 518 g/mol. The van der Waals surface area contributed by atoms with Gasteiger partial charge in [-0.3, -0.25) is 0 Å². The number of ether oxygens (including phenoxy) is 2. The second-order valence-electron chi connectivity index (χ2n) is 8.19. The van der Waals surface area contributed by atoms with Gasteiger partial charge in [0.25, 0.3) is 0 Å². The van der Waals surface area contributed by atoms with Crippen LogP contribution >= 0.6 is 23.2 Å². The molecule has 2 aromatic rings. The van der Waals surface area contributed by atoms with Crippen LogP contribution < -0.4 is 14.2 Å². The summed E-state index contributed by atoms with van der Waals surface area (Å²) in [5, 5.41) is 3.22. The highest BCUT2D eigenvalue weighted by Gasteiger charge is 2.23. The van der Waals surface area contributed by atoms with E-state index in [4.69, 9.17) is 36.9 Å². The number of methoxy groups -OCH3 is 2. The van der Waals surface area contributed by atoms with Gasteiger partial charge in [-0.15, -0.1) is 0 Å². The summed E-state index contributed by atoms with van der Waals surface area (Å²) in [4.78, 5) is 14.1. The highest BCUT2D eigenvalue weighted by molar-refractivity contribution is 7.87. The number of carbonyl (C=O) groups excluding carboxylic acids is 1. The van der Waals surface area contributed by atoms with Crippen molar-refractivity contribution in [1.82, 2.24) is 10.2 Å². The maximum Gasteiger partial charge on any atom is 0.339 e. The molecule has 2 amide bonds. The van der Waals surface area contributed by atoms with E-state index in [0.29, 0.717) is 18.7 Å². The molecule has 0 saturated carbocycles. The van der Waals surface area contributed by atoms with Gasteiger partial charge in [-0.1, -0.05) is 29.3 Å². The van der Waals surface area contributed by atoms with Crippen LogP contribution in [0.25, 0.3) is 0 Å². The Morgan fingerprint density at radius 1 is 1.03 bits per heavy atom. The quantitative estimate of drug-likeness (QED) is 0.482. The van der Waals surface area contributed by atoms with E-state index in [1.807, 2.05) is 20.8 Å². The fourth-order valence-corrected chi connectivity index (χ4v) is 4.08. The van der Waals surface area contributed by atoms with Crippen molar-refractivity contribution >= 4 is 39.4 Å². The number of nitrogens with one attached hydrogen (secondary N) is 1. The van der Waals surface area contributed by atoms with Crippen molar-refractivity contribution in [1.29, 1.82) is 0 Å². The molecular formula is C22H28Cl2N2O6S. The van der Waals surface area contributed by atoms with Gasteiger partial charge in [-0.2, -0.15) is 8.42 Å². The average molecular weight is 519 g/mol. The van der Waals surface area contributed by atoms with Gasteiger partial charge in [-0.05, 0) is 56.7 Å². The first-order valence-corrected chi connectivity index (χ1v) is 12.1. The highest BCUT2D eigenvalue weighted by atomic mass is 35.5. The van der Waals surface area contributed by atoms with E-state index in [0.717, 1.165) is 0 Å². The van der Waals surface area contributed by atoms with Crippen LogP contribution in [0.5, 0.6) is 11.5 Å². The first-order valence-electron chi connectivity index (χ1n) is 9.99. The molecule has 0 unspecified atom stereocenters. The van der Waals surface area contributed by atoms with Crippen molar-refractivity contribution in [3.63, 3.8) is 0 Å². The van der Waals surface area contributed by atoms with E-state index in [9.17, 15) is 13.2 Å². The summed E-state index contributed by atoms with van der Waals surface area (Å²) >= 11 is 11.8. The van der Waals surface area contributed by atoms with Gasteiger partial charge in [0.1, 0.15) is 4.90 Å². The third-order valence-electron chi connectivity index (χ3n) is 4.32. The van der Waals surface area contributed by atoms with Gasteiger partial charge in [-0.25, -0.2) is 4.79 Å². The summed E-state index contributed by atoms with van der Waals surface area (Å²) in [5.41, 5.74) is 0.208. The summed E-state index contributed by atoms with van der Waals surface area (Å²) in [6, 6.07) is 8.41. The summed E-state index contributed by atoms with van der Waals surface area (Å²) in [6.07, 6.45) is 0. The summed E-state index contributed by atoms with van der Waals surface area (Å²) in [5.74, 6) is 0.189. The van der Waals surface area contributed by atoms with E-state index < -0.39 is 15.7 Å². The minimum Gasteiger partial charge on any atom is -0.493 e. The zero-order chi connectivity index (χ0) is 24.8. The number of amides is 2. The van der Waals surface area contributed by atoms with E-state index >= 15 is 0 Å². The Morgan fingerprint density at radius 3 is 2.30 bits per heavy atom. The van der Waals surface area contributed by atoms with Crippen LogP contribution in [0.4, 0.5) is 4.79 Å². The molecule has 2 aromatic carbocycles. The normalized spacial score (nSPS) is 11.7. The molecule has 0 radical (unpaired) electrons. The van der Waals surface area contributed by atoms with Crippen LogP contribution in [0, 0.1) is 0 Å². The standard InChI is InChI=1S/C22H28Cl2N2O6S/c1-22(2,3)25-21(27)26(10-11-30-4)14-15-6-9-19(31-5)20(12-15)32-33(28,29)16-7-8-17(23)18(24)13-16/h6-9,12-13H,10-11,14H2,1-5H3,(H,25,27). The third-order valence-corrected chi connectivity index (χ3v) is 6.28. The van der Waals surface area contributed by atoms with Crippen molar-refractivity contribution in [3.8, 4) is 11.5 Å². The van der Waals surface area contributed by atoms with Crippen LogP contribution in [0.3, 0.4) is 0 Å². The second kappa shape index (κ2) is 11.3. The topological polar surface area (TPSA) is 94.2 Å². The fraction of sp³-hybridized carbons (Fsp3) is 0.409. The molecule has 11 heteroatoms. The molecule has 0 spiro atoms. The van der Waals surface area contributed by atoms with Crippen molar-refractivity contribution in [2.75, 3.05) is 27.4 Å². The lowest BCUT2D eigenvalue weighted by Crippen LogP contribution is -2.49. The van der Waals surface area contributed by atoms with Gasteiger partial charge in [0, 0.05) is 25.7 Å². The number of halogens is 2. The molecule has 0 aromatic heterocycles. The van der Waals surface area contributed by atoms with Crippen molar-refractivity contribution in [2.45, 2.75) is 37.8 Å². The number of carbonyl (C=O) groups is 1. The van der Waals surface area contributed by atoms with E-state index in [1.54, 1.807) is 24.1 Å². The molecule has 0 saturated heterocycles. The second-order valence-corrected chi connectivity index (χ2v) is 10.6. The molecule has 0 aliphatic carbocycles. The first-order chi connectivity index (χ1) is 15.4. The van der Waals surface area contributed by atoms with Gasteiger partial charge in [0.05, 0.1) is 23.8 Å². The smallest absolute Gasteiger partial charge is 0.339 e. The Kier molecular flexibility index (Phi) is 9.25. The van der Waals surface area contributed by atoms with Crippen LogP contribution in [-0.4, -0.2) is 52.3 Å². The zero-order valence-corrected chi connectivity index (χ0v) is 21.5. The maximum absolute atomic E-state index is 12.8. The number of nitrogens with zero attached hydrogens (tertiary/aromatic N) is 1. The predicted molar refractivity (Wildman–Crippen MR) is 128 cm³/mol. The number of hydrogen-bond donors (Lipinski definition) is 1. The molecule has 8 nitrogen and oxygen atoms in total. The number of hydrogen-bond acceptors (Lipinski definition) is 6. The summed E-state index contributed by atoms with van der Waals surface area (Å²) in [7, 11) is -1.27. The van der Waals surface area contributed by atoms with E-state index in [2.05, 4.69) is 5.32 Å². The largest absolute Gasteiger partial charge is 0.493 e. The molecule has 0 heterocycles. The Balaban J connectivity index is 2.33. The maximum atomic E-state index is 12.8. The molecule has 182 valence electrons. The summed E-state index contributed by atoms with van der Waals surface area (Å²) in [6.45, 7) is 6.51. The van der Waals surface area contributed by atoms with Gasteiger partial charge < -0.3 is 23.9 Å². The molecule has 0 aliphatic heterocycles. The van der Waals surface area contributed by atoms with Gasteiger partial charge in [0.2, 0.25) is 0 Å². The van der Waals surface area contributed by atoms with E-state index in [-0.39, 0.29) is 39.0 Å². The highest BCUT2D eigenvalue weighted by Crippen LogP contribution is 2.32. The van der Waals surface area contributed by atoms with Gasteiger partial charge in [0.15, 0.2) is 11.5 Å². The minimum absolute atomic E-state index is 0.0241. The molecule has 0 aliphatic rings. The van der Waals surface area contributed by atoms with Crippen LogP contribution in [0.2, 0.25) is 10.0 Å². The van der Waals surface area contributed by atoms with E-state index in [1.165, 1.54) is 31.4 Å². The lowest BCUT2D eigenvalue weighted by Gasteiger charge is -2.28. The molecule has 1 N–H and O–H groups in total. The van der Waals surface area contributed by atoms with Crippen molar-refractivity contribution in [3.05, 3.63) is 52.0 Å². The Hall–Kier alpha value is -2.20. The predicted octanol–water partition coefficient (Wildman–Crippen LogP) is 4.73. The molecule has 33 heavy (non-hydrogen) atoms. The average Bonchev–Trinajstić information content (AvgIpc) is 2.71. The van der Waals surface area contributed by atoms with Crippen LogP contribution in [0.15, 0.2) is 41.3 Å². The number of rotatable bonds is 9. The third kappa shape index (κ3) is 7.96. The first kappa shape index (κ1) is 27.0. The molecule has 0 atom stereocenters. The van der Waals surface area contributed by atoms with Crippen molar-refractivity contribution < 1.29 is 26.9 Å². The molecule has 0 fully saturated rings. The van der Waals surface area contributed by atoms with Crippen molar-refractivity contribution in [2.24, 2.45) is 0 Å². The Labute approximate surface area is 204 Å². The molecule has 2 rings (SSSR count). The van der Waals surface area contributed by atoms with Gasteiger partial charge >= 0.3 is 16.1 Å². The SMILES string of the molecule is COCCN(Cc1ccc(OC)c(OS(=O)(=O)c2ccc(Cl)c(Cl)c2)c1)C(=O)NC(C)(C)C. The fourth-order valence-electron chi connectivity index (χ4n) is 2.76. The molecule has 0 bridgehead atoms. The number of urea groups is 1. The Bertz CT molecular complexity index is 1090.